The number of ether oxygens (including phenoxy) is 1. The Balaban J connectivity index is 1.43. The van der Waals surface area contributed by atoms with Gasteiger partial charge in [0, 0.05) is 6.42 Å². The molecule has 200 valence electrons. The number of amides is 1. The maximum absolute atomic E-state index is 13.4. The lowest BCUT2D eigenvalue weighted by atomic mass is 9.84. The van der Waals surface area contributed by atoms with E-state index >= 15 is 0 Å². The lowest BCUT2D eigenvalue weighted by Crippen LogP contribution is -2.35. The van der Waals surface area contributed by atoms with Gasteiger partial charge in [-0.15, -0.1) is 0 Å². The topological polar surface area (TPSA) is 97.2 Å². The van der Waals surface area contributed by atoms with Crippen molar-refractivity contribution in [3.63, 3.8) is 0 Å². The van der Waals surface area contributed by atoms with E-state index in [1.165, 1.54) is 18.4 Å². The Hall–Kier alpha value is -3.82. The number of hydrogen-bond acceptors (Lipinski definition) is 5. The summed E-state index contributed by atoms with van der Waals surface area (Å²) in [6.07, 6.45) is -1.78. The molecule has 7 nitrogen and oxygen atoms in total. The fourth-order valence-electron chi connectivity index (χ4n) is 4.92. The van der Waals surface area contributed by atoms with Crippen LogP contribution in [-0.4, -0.2) is 28.8 Å². The number of H-pyrrole nitrogens is 1. The summed E-state index contributed by atoms with van der Waals surface area (Å²) in [6.45, 7) is 1.93. The van der Waals surface area contributed by atoms with Gasteiger partial charge in [-0.1, -0.05) is 42.4 Å². The second-order valence-corrected chi connectivity index (χ2v) is 9.71. The zero-order valence-electron chi connectivity index (χ0n) is 20.9. The van der Waals surface area contributed by atoms with Crippen LogP contribution in [0.5, 0.6) is 5.75 Å². The number of halogens is 3. The Morgan fingerprint density at radius 2 is 1.87 bits per heavy atom. The Morgan fingerprint density at radius 1 is 1.11 bits per heavy atom. The second-order valence-electron chi connectivity index (χ2n) is 9.71. The number of benzene rings is 2. The van der Waals surface area contributed by atoms with Crippen LogP contribution in [0.25, 0.3) is 11.1 Å². The molecule has 0 saturated heterocycles. The van der Waals surface area contributed by atoms with Crippen LogP contribution in [0, 0.1) is 0 Å². The molecule has 0 unspecified atom stereocenters. The number of aromatic nitrogens is 2. The van der Waals surface area contributed by atoms with E-state index in [4.69, 9.17) is 4.74 Å². The van der Waals surface area contributed by atoms with Crippen molar-refractivity contribution in [2.24, 2.45) is 0 Å². The van der Waals surface area contributed by atoms with E-state index in [0.29, 0.717) is 24.5 Å². The summed E-state index contributed by atoms with van der Waals surface area (Å²) in [5, 5.41) is 6.79. The van der Waals surface area contributed by atoms with Gasteiger partial charge in [-0.05, 0) is 78.0 Å². The van der Waals surface area contributed by atoms with Crippen molar-refractivity contribution in [3.8, 4) is 5.75 Å². The number of carbonyl (C=O) groups excluding carboxylic acids is 1. The summed E-state index contributed by atoms with van der Waals surface area (Å²) in [7, 11) is 0. The molecule has 2 aliphatic rings. The van der Waals surface area contributed by atoms with Crippen molar-refractivity contribution < 1.29 is 27.2 Å². The van der Waals surface area contributed by atoms with Gasteiger partial charge < -0.3 is 10.1 Å². The highest BCUT2D eigenvalue weighted by Crippen LogP contribution is 2.42. The van der Waals surface area contributed by atoms with Gasteiger partial charge in [0.2, 0.25) is 0 Å². The van der Waals surface area contributed by atoms with Gasteiger partial charge in [-0.2, -0.15) is 13.2 Å². The number of nitrogens with one attached hydrogen (secondary N) is 2. The van der Waals surface area contributed by atoms with Crippen LogP contribution in [-0.2, 0) is 11.2 Å². The van der Waals surface area contributed by atoms with Crippen molar-refractivity contribution >= 4 is 17.1 Å². The van der Waals surface area contributed by atoms with Gasteiger partial charge in [-0.3, -0.25) is 14.3 Å². The average molecular weight is 528 g/mol. The first-order chi connectivity index (χ1) is 18.2. The molecular weight excluding hydrogens is 499 g/mol. The summed E-state index contributed by atoms with van der Waals surface area (Å²) >= 11 is 0. The van der Waals surface area contributed by atoms with Crippen LogP contribution in [0.3, 0.4) is 0 Å². The van der Waals surface area contributed by atoms with Crippen LogP contribution in [0.1, 0.15) is 79.1 Å². The Kier molecular flexibility index (Phi) is 7.14. The van der Waals surface area contributed by atoms with Crippen molar-refractivity contribution in [1.82, 2.24) is 15.5 Å². The van der Waals surface area contributed by atoms with Gasteiger partial charge in [0.05, 0.1) is 18.2 Å². The molecule has 2 aromatic carbocycles. The van der Waals surface area contributed by atoms with Gasteiger partial charge in [0.1, 0.15) is 5.75 Å². The normalized spacial score (nSPS) is 18.0. The molecule has 2 N–H and O–H groups in total. The largest absolute Gasteiger partial charge is 0.494 e. The molecule has 3 aromatic rings. The summed E-state index contributed by atoms with van der Waals surface area (Å²) < 4.78 is 47.5. The zero-order chi connectivity index (χ0) is 26.9. The molecule has 5 rings (SSSR count). The summed E-state index contributed by atoms with van der Waals surface area (Å²) in [5.74, 6) is 0.0207. The van der Waals surface area contributed by atoms with Crippen molar-refractivity contribution in [2.75, 3.05) is 6.61 Å². The van der Waals surface area contributed by atoms with Gasteiger partial charge >= 0.3 is 11.9 Å². The summed E-state index contributed by atoms with van der Waals surface area (Å²) in [6, 6.07) is 13.2. The first-order valence-corrected chi connectivity index (χ1v) is 12.7. The zero-order valence-corrected chi connectivity index (χ0v) is 20.9. The number of hydrogen-bond donors (Lipinski definition) is 2. The number of alkyl halides is 3. The smallest absolute Gasteiger partial charge is 0.439 e. The molecule has 0 radical (unpaired) electrons. The fraction of sp³-hybridized carbons (Fsp3) is 0.393. The molecule has 1 atom stereocenters. The number of aromatic amines is 1. The molecule has 1 aliphatic heterocycles. The monoisotopic (exact) mass is 527 g/mol. The Morgan fingerprint density at radius 3 is 2.50 bits per heavy atom. The van der Waals surface area contributed by atoms with Crippen LogP contribution < -0.4 is 15.8 Å². The molecule has 0 bridgehead atoms. The maximum Gasteiger partial charge on any atom is 0.439 e. The molecule has 1 fully saturated rings. The minimum absolute atomic E-state index is 0.0365. The first kappa shape index (κ1) is 25.8. The van der Waals surface area contributed by atoms with E-state index in [1.807, 2.05) is 31.2 Å². The molecule has 1 saturated carbocycles. The predicted molar refractivity (Wildman–Crippen MR) is 134 cm³/mol. The molecule has 2 heterocycles. The molecule has 10 heteroatoms. The lowest BCUT2D eigenvalue weighted by molar-refractivity contribution is -0.136. The van der Waals surface area contributed by atoms with E-state index in [0.717, 1.165) is 22.3 Å². The SMILES string of the molecule is CCc1cc(OCCCC(F)(F)F)ccc1[C@H]1CC(c2ccc(C3CC3)cc2)=C(c2noc(=O)[nH]2)C(=O)N1. The summed E-state index contributed by atoms with van der Waals surface area (Å²) in [4.78, 5) is 27.5. The number of aryl methyl sites for hydroxylation is 1. The predicted octanol–water partition coefficient (Wildman–Crippen LogP) is 5.70. The highest BCUT2D eigenvalue weighted by molar-refractivity contribution is 6.27. The Labute approximate surface area is 217 Å². The van der Waals surface area contributed by atoms with Gasteiger partial charge in [0.15, 0.2) is 5.82 Å². The third-order valence-corrected chi connectivity index (χ3v) is 6.97. The average Bonchev–Trinajstić information content (AvgIpc) is 3.66. The fourth-order valence-corrected chi connectivity index (χ4v) is 4.92. The highest BCUT2D eigenvalue weighted by Gasteiger charge is 2.33. The van der Waals surface area contributed by atoms with Crippen LogP contribution in [0.4, 0.5) is 13.2 Å². The molecule has 0 spiro atoms. The van der Waals surface area contributed by atoms with E-state index < -0.39 is 18.4 Å². The summed E-state index contributed by atoms with van der Waals surface area (Å²) in [5.41, 5.74) is 4.93. The Bertz CT molecular complexity index is 1400. The number of nitrogens with zero attached hydrogens (tertiary/aromatic N) is 1. The minimum atomic E-state index is -4.21. The first-order valence-electron chi connectivity index (χ1n) is 12.7. The quantitative estimate of drug-likeness (QED) is 0.348. The molecule has 1 amide bonds. The van der Waals surface area contributed by atoms with Crippen LogP contribution in [0.2, 0.25) is 0 Å². The van der Waals surface area contributed by atoms with Crippen molar-refractivity contribution in [1.29, 1.82) is 0 Å². The molecule has 1 aromatic heterocycles. The van der Waals surface area contributed by atoms with Gasteiger partial charge in [-0.25, -0.2) is 4.79 Å². The van der Waals surface area contributed by atoms with Crippen molar-refractivity contribution in [3.05, 3.63) is 81.1 Å². The molecule has 1 aliphatic carbocycles. The maximum atomic E-state index is 13.4. The van der Waals surface area contributed by atoms with Gasteiger partial charge in [0.25, 0.3) is 5.91 Å². The number of rotatable bonds is 9. The number of carbonyl (C=O) groups is 1. The molecule has 38 heavy (non-hydrogen) atoms. The van der Waals surface area contributed by atoms with E-state index in [9.17, 15) is 22.8 Å². The standard InChI is InChI=1S/C28H28F3N3O4/c1-2-16-14-20(37-13-3-12-28(29,30)31)10-11-21(16)23-15-22(19-8-6-18(7-9-19)17-4-5-17)24(26(35)32-23)25-33-27(36)38-34-25/h6-11,14,17,23H,2-5,12-13,15H2,1H3,(H,32,35)(H,33,34,36)/t23-/m1/s1. The van der Waals surface area contributed by atoms with E-state index in [1.54, 1.807) is 6.07 Å². The third-order valence-electron chi connectivity index (χ3n) is 6.97. The van der Waals surface area contributed by atoms with E-state index in [2.05, 4.69) is 32.1 Å². The van der Waals surface area contributed by atoms with E-state index in [-0.39, 0.29) is 36.4 Å². The van der Waals surface area contributed by atoms with Crippen LogP contribution >= 0.6 is 0 Å². The second kappa shape index (κ2) is 10.5. The van der Waals surface area contributed by atoms with Crippen molar-refractivity contribution in [2.45, 2.75) is 63.6 Å². The minimum Gasteiger partial charge on any atom is -0.494 e. The third kappa shape index (κ3) is 5.84. The highest BCUT2D eigenvalue weighted by atomic mass is 19.4. The lowest BCUT2D eigenvalue weighted by Gasteiger charge is -2.29. The van der Waals surface area contributed by atoms with Crippen LogP contribution in [0.15, 0.2) is 51.8 Å². The molecular formula is C28H28F3N3O4.